The minimum Gasteiger partial charge on any atom is -0.495 e. The lowest BCUT2D eigenvalue weighted by Crippen LogP contribution is -2.29. The molecule has 0 bridgehead atoms. The number of fused-ring (bicyclic) bond motifs is 1. The molecule has 0 aliphatic carbocycles. The van der Waals surface area contributed by atoms with Crippen molar-refractivity contribution < 1.29 is 17.9 Å². The number of methoxy groups -OCH3 is 1. The summed E-state index contributed by atoms with van der Waals surface area (Å²) in [6.45, 7) is 2.03. The minimum absolute atomic E-state index is 0.0240. The number of hydrogen-bond donors (Lipinski definition) is 2. The lowest BCUT2D eigenvalue weighted by atomic mass is 10.2. The fraction of sp³-hybridized carbons (Fsp3) is 0.333. The predicted octanol–water partition coefficient (Wildman–Crippen LogP) is 3.91. The van der Waals surface area contributed by atoms with Crippen LogP contribution in [-0.2, 0) is 10.0 Å². The number of carbonyl (C=O) groups is 1. The van der Waals surface area contributed by atoms with Crippen molar-refractivity contribution in [1.82, 2.24) is 14.6 Å². The molecule has 3 aromatic rings. The van der Waals surface area contributed by atoms with Crippen molar-refractivity contribution in [1.29, 1.82) is 0 Å². The maximum absolute atomic E-state index is 13.0. The van der Waals surface area contributed by atoms with Gasteiger partial charge in [-0.05, 0) is 61.7 Å². The number of carbonyl (C=O) groups excluding carboxylic acids is 1. The summed E-state index contributed by atoms with van der Waals surface area (Å²) in [5.41, 5.74) is 2.04. The van der Waals surface area contributed by atoms with E-state index in [1.165, 1.54) is 23.5 Å². The third-order valence-corrected chi connectivity index (χ3v) is 7.92. The normalized spacial score (nSPS) is 14.3. The number of sulfonamides is 1. The molecule has 1 aliphatic rings. The first-order valence-electron chi connectivity index (χ1n) is 11.1. The largest absolute Gasteiger partial charge is 0.495 e. The van der Waals surface area contributed by atoms with Gasteiger partial charge in [0.2, 0.25) is 10.0 Å². The van der Waals surface area contributed by atoms with E-state index in [4.69, 9.17) is 16.3 Å². The maximum Gasteiger partial charge on any atom is 0.251 e. The van der Waals surface area contributed by atoms with Gasteiger partial charge in [-0.15, -0.1) is 0 Å². The van der Waals surface area contributed by atoms with Gasteiger partial charge in [-0.1, -0.05) is 11.6 Å². The highest BCUT2D eigenvalue weighted by atomic mass is 35.5. The van der Waals surface area contributed by atoms with Crippen LogP contribution in [0, 0.1) is 0 Å². The van der Waals surface area contributed by atoms with Crippen LogP contribution < -0.4 is 15.4 Å². The predicted molar refractivity (Wildman–Crippen MR) is 133 cm³/mol. The number of hydrogen-bond acceptors (Lipinski definition) is 6. The van der Waals surface area contributed by atoms with E-state index in [2.05, 4.69) is 15.6 Å². The second-order valence-electron chi connectivity index (χ2n) is 8.03. The monoisotopic (exact) mass is 502 g/mol. The number of pyridine rings is 1. The molecule has 0 radical (unpaired) electrons. The zero-order chi connectivity index (χ0) is 24.1. The standard InChI is InChI=1S/C24H27ClN4O4S/c1-33-22-8-5-17(15-23(22)34(31,32)29-13-2-3-14-29)24(30)28-11-4-10-26-20-9-12-27-21-16-18(25)6-7-19(20)21/h5-9,12,15-16H,2-4,10-11,13-14H2,1H3,(H,26,27)(H,28,30). The van der Waals surface area contributed by atoms with Gasteiger partial charge in [0.1, 0.15) is 10.6 Å². The van der Waals surface area contributed by atoms with Crippen molar-refractivity contribution in [3.05, 3.63) is 59.2 Å². The molecule has 34 heavy (non-hydrogen) atoms. The summed E-state index contributed by atoms with van der Waals surface area (Å²) >= 11 is 6.04. The average molecular weight is 503 g/mol. The molecular formula is C24H27ClN4O4S. The van der Waals surface area contributed by atoms with Crippen molar-refractivity contribution in [3.63, 3.8) is 0 Å². The molecule has 4 rings (SSSR count). The smallest absolute Gasteiger partial charge is 0.251 e. The Morgan fingerprint density at radius 3 is 2.68 bits per heavy atom. The van der Waals surface area contributed by atoms with E-state index < -0.39 is 10.0 Å². The van der Waals surface area contributed by atoms with Crippen molar-refractivity contribution in [2.75, 3.05) is 38.6 Å². The Kier molecular flexibility index (Phi) is 7.55. The molecule has 1 fully saturated rings. The fourth-order valence-corrected chi connectivity index (χ4v) is 5.84. The lowest BCUT2D eigenvalue weighted by molar-refractivity contribution is 0.0953. The van der Waals surface area contributed by atoms with E-state index in [-0.39, 0.29) is 22.1 Å². The molecule has 0 saturated carbocycles. The molecule has 10 heteroatoms. The molecule has 1 saturated heterocycles. The molecule has 0 atom stereocenters. The van der Waals surface area contributed by atoms with Crippen molar-refractivity contribution >= 4 is 44.1 Å². The summed E-state index contributed by atoms with van der Waals surface area (Å²) in [7, 11) is -2.29. The number of benzene rings is 2. The number of aromatic nitrogens is 1. The summed E-state index contributed by atoms with van der Waals surface area (Å²) in [6, 6.07) is 12.0. The van der Waals surface area contributed by atoms with Gasteiger partial charge < -0.3 is 15.4 Å². The fourth-order valence-electron chi connectivity index (χ4n) is 3.98. The van der Waals surface area contributed by atoms with Crippen LogP contribution in [0.2, 0.25) is 5.02 Å². The Morgan fingerprint density at radius 1 is 1.12 bits per heavy atom. The molecule has 0 unspecified atom stereocenters. The third-order valence-electron chi connectivity index (χ3n) is 5.77. The number of nitrogens with zero attached hydrogens (tertiary/aromatic N) is 2. The van der Waals surface area contributed by atoms with Gasteiger partial charge in [-0.2, -0.15) is 4.31 Å². The number of nitrogens with one attached hydrogen (secondary N) is 2. The highest BCUT2D eigenvalue weighted by Gasteiger charge is 2.30. The lowest BCUT2D eigenvalue weighted by Gasteiger charge is -2.18. The van der Waals surface area contributed by atoms with E-state index in [1.807, 2.05) is 24.3 Å². The summed E-state index contributed by atoms with van der Waals surface area (Å²) in [4.78, 5) is 17.0. The molecular weight excluding hydrogens is 476 g/mol. The van der Waals surface area contributed by atoms with Crippen LogP contribution in [0.25, 0.3) is 10.9 Å². The molecule has 8 nitrogen and oxygen atoms in total. The van der Waals surface area contributed by atoms with Crippen LogP contribution in [0.5, 0.6) is 5.75 Å². The quantitative estimate of drug-likeness (QED) is 0.430. The first-order valence-corrected chi connectivity index (χ1v) is 13.0. The number of ether oxygens (including phenoxy) is 1. The van der Waals surface area contributed by atoms with E-state index in [1.54, 1.807) is 12.3 Å². The molecule has 1 amide bonds. The summed E-state index contributed by atoms with van der Waals surface area (Å²) in [6.07, 6.45) is 4.07. The Labute approximate surface area is 204 Å². The number of halogens is 1. The number of anilines is 1. The molecule has 2 N–H and O–H groups in total. The van der Waals surface area contributed by atoms with Crippen molar-refractivity contribution in [2.45, 2.75) is 24.2 Å². The first kappa shape index (κ1) is 24.3. The molecule has 1 aromatic heterocycles. The van der Waals surface area contributed by atoms with Crippen molar-refractivity contribution in [2.24, 2.45) is 0 Å². The van der Waals surface area contributed by atoms with E-state index >= 15 is 0 Å². The van der Waals surface area contributed by atoms with Gasteiger partial charge in [0.25, 0.3) is 5.91 Å². The highest BCUT2D eigenvalue weighted by molar-refractivity contribution is 7.89. The average Bonchev–Trinajstić information content (AvgIpc) is 3.39. The second kappa shape index (κ2) is 10.6. The summed E-state index contributed by atoms with van der Waals surface area (Å²) in [5, 5.41) is 7.82. The zero-order valence-corrected chi connectivity index (χ0v) is 20.5. The van der Waals surface area contributed by atoms with Crippen LogP contribution in [0.1, 0.15) is 29.6 Å². The van der Waals surface area contributed by atoms with E-state index in [0.717, 1.165) is 29.4 Å². The van der Waals surface area contributed by atoms with Crippen molar-refractivity contribution in [3.8, 4) is 5.75 Å². The summed E-state index contributed by atoms with van der Waals surface area (Å²) in [5.74, 6) is -0.0944. The second-order valence-corrected chi connectivity index (χ2v) is 10.4. The van der Waals surface area contributed by atoms with Gasteiger partial charge in [0.05, 0.1) is 12.6 Å². The molecule has 0 spiro atoms. The topological polar surface area (TPSA) is 101 Å². The molecule has 2 heterocycles. The number of rotatable bonds is 9. The number of amides is 1. The van der Waals surface area contributed by atoms with Gasteiger partial charge in [-0.25, -0.2) is 8.42 Å². The van der Waals surface area contributed by atoms with Gasteiger partial charge >= 0.3 is 0 Å². The Balaban J connectivity index is 1.35. The molecule has 180 valence electrons. The third kappa shape index (κ3) is 5.27. The van der Waals surface area contributed by atoms with E-state index in [0.29, 0.717) is 37.6 Å². The zero-order valence-electron chi connectivity index (χ0n) is 18.9. The Morgan fingerprint density at radius 2 is 1.91 bits per heavy atom. The van der Waals surface area contributed by atoms with Crippen LogP contribution in [0.15, 0.2) is 53.6 Å². The molecule has 1 aliphatic heterocycles. The maximum atomic E-state index is 13.0. The van der Waals surface area contributed by atoms with Crippen LogP contribution in [-0.4, -0.2) is 56.9 Å². The highest BCUT2D eigenvalue weighted by Crippen LogP contribution is 2.30. The van der Waals surface area contributed by atoms with Crippen LogP contribution in [0.4, 0.5) is 5.69 Å². The van der Waals surface area contributed by atoms with Gasteiger partial charge in [-0.3, -0.25) is 9.78 Å². The minimum atomic E-state index is -3.71. The Hall–Kier alpha value is -2.88. The van der Waals surface area contributed by atoms with Gasteiger partial charge in [0.15, 0.2) is 0 Å². The Bertz CT molecular complexity index is 1290. The van der Waals surface area contributed by atoms with Crippen LogP contribution >= 0.6 is 11.6 Å². The molecule has 2 aromatic carbocycles. The van der Waals surface area contributed by atoms with Gasteiger partial charge in [0, 0.05) is 54.0 Å². The summed E-state index contributed by atoms with van der Waals surface area (Å²) < 4.78 is 32.8. The van der Waals surface area contributed by atoms with E-state index in [9.17, 15) is 13.2 Å². The first-order chi connectivity index (χ1) is 16.4. The van der Waals surface area contributed by atoms with Crippen LogP contribution in [0.3, 0.4) is 0 Å². The SMILES string of the molecule is COc1ccc(C(=O)NCCCNc2ccnc3cc(Cl)ccc23)cc1S(=O)(=O)N1CCCC1.